The third-order valence-electron chi connectivity index (χ3n) is 2.96. The van der Waals surface area contributed by atoms with Crippen molar-refractivity contribution in [1.29, 1.82) is 0 Å². The van der Waals surface area contributed by atoms with Gasteiger partial charge in [0.2, 0.25) is 0 Å². The second-order valence-corrected chi connectivity index (χ2v) is 4.48. The van der Waals surface area contributed by atoms with Crippen molar-refractivity contribution in [3.8, 4) is 0 Å². The van der Waals surface area contributed by atoms with Gasteiger partial charge in [-0.1, -0.05) is 17.3 Å². The number of hydrogen-bond donors (Lipinski definition) is 3. The molecule has 0 saturated heterocycles. The Hall–Kier alpha value is -2.89. The quantitative estimate of drug-likeness (QED) is 0.351. The number of carbonyl (C=O) groups excluding carboxylic acids is 1. The summed E-state index contributed by atoms with van der Waals surface area (Å²) in [6, 6.07) is 10.5. The number of hydrogen-bond acceptors (Lipinski definition) is 3. The second kappa shape index (κ2) is 6.04. The summed E-state index contributed by atoms with van der Waals surface area (Å²) >= 11 is 0. The van der Waals surface area contributed by atoms with Crippen molar-refractivity contribution in [3.05, 3.63) is 65.0 Å². The number of aryl methyl sites for hydroxylation is 1. The zero-order chi connectivity index (χ0) is 15.4. The van der Waals surface area contributed by atoms with Crippen molar-refractivity contribution >= 4 is 17.4 Å². The minimum atomic E-state index is -0.391. The van der Waals surface area contributed by atoms with Crippen molar-refractivity contribution in [3.63, 3.8) is 0 Å². The highest BCUT2D eigenvalue weighted by molar-refractivity contribution is 6.06. The molecule has 5 nitrogen and oxygen atoms in total. The van der Waals surface area contributed by atoms with Crippen molar-refractivity contribution in [1.82, 2.24) is 0 Å². The molecule has 0 heterocycles. The van der Waals surface area contributed by atoms with Gasteiger partial charge in [0, 0.05) is 16.8 Å². The van der Waals surface area contributed by atoms with Gasteiger partial charge < -0.3 is 16.3 Å². The standard InChI is InChI=1S/C15H14FN3O2/c1-9-7-11(16)5-6-13(9)15(20)18-12-4-2-3-10(8-12)14(17)19-21/h2-8,21H,1H3,(H2,17,19)(H,18,20). The van der Waals surface area contributed by atoms with Crippen LogP contribution in [0.4, 0.5) is 10.1 Å². The van der Waals surface area contributed by atoms with E-state index in [2.05, 4.69) is 10.5 Å². The molecule has 0 aromatic heterocycles. The van der Waals surface area contributed by atoms with E-state index in [1.807, 2.05) is 0 Å². The fourth-order valence-corrected chi connectivity index (χ4v) is 1.89. The summed E-state index contributed by atoms with van der Waals surface area (Å²) in [5.41, 5.74) is 7.38. The summed E-state index contributed by atoms with van der Waals surface area (Å²) in [6.45, 7) is 1.66. The Kier molecular flexibility index (Phi) is 4.18. The van der Waals surface area contributed by atoms with Crippen LogP contribution in [-0.2, 0) is 0 Å². The lowest BCUT2D eigenvalue weighted by atomic mass is 10.1. The lowest BCUT2D eigenvalue weighted by Gasteiger charge is -2.09. The monoisotopic (exact) mass is 287 g/mol. The molecule has 21 heavy (non-hydrogen) atoms. The topological polar surface area (TPSA) is 87.7 Å². The average Bonchev–Trinajstić information content (AvgIpc) is 2.46. The third-order valence-corrected chi connectivity index (χ3v) is 2.96. The molecular weight excluding hydrogens is 273 g/mol. The molecule has 0 fully saturated rings. The van der Waals surface area contributed by atoms with Gasteiger partial charge in [0.1, 0.15) is 5.82 Å². The number of carbonyl (C=O) groups is 1. The molecule has 0 spiro atoms. The Morgan fingerprint density at radius 1 is 1.29 bits per heavy atom. The fraction of sp³-hybridized carbons (Fsp3) is 0.0667. The molecule has 6 heteroatoms. The molecule has 0 radical (unpaired) electrons. The average molecular weight is 287 g/mol. The first-order valence-corrected chi connectivity index (χ1v) is 6.16. The normalized spacial score (nSPS) is 11.2. The molecule has 1 amide bonds. The third kappa shape index (κ3) is 3.36. The molecule has 0 bridgehead atoms. The molecule has 108 valence electrons. The summed E-state index contributed by atoms with van der Waals surface area (Å²) in [7, 11) is 0. The number of benzene rings is 2. The van der Waals surface area contributed by atoms with Crippen LogP contribution in [0.3, 0.4) is 0 Å². The van der Waals surface area contributed by atoms with Gasteiger partial charge in [-0.05, 0) is 42.8 Å². The summed E-state index contributed by atoms with van der Waals surface area (Å²) < 4.78 is 13.0. The van der Waals surface area contributed by atoms with E-state index >= 15 is 0 Å². The number of amidine groups is 1. The highest BCUT2D eigenvalue weighted by Crippen LogP contribution is 2.15. The number of halogens is 1. The van der Waals surface area contributed by atoms with Crippen LogP contribution in [0.2, 0.25) is 0 Å². The minimum absolute atomic E-state index is 0.0518. The molecule has 2 rings (SSSR count). The lowest BCUT2D eigenvalue weighted by molar-refractivity contribution is 0.102. The SMILES string of the molecule is Cc1cc(F)ccc1C(=O)Nc1cccc(/C(N)=N/O)c1. The number of oxime groups is 1. The molecule has 0 aliphatic carbocycles. The Labute approximate surface area is 120 Å². The first-order chi connectivity index (χ1) is 10.0. The van der Waals surface area contributed by atoms with E-state index < -0.39 is 5.82 Å². The number of nitrogens with zero attached hydrogens (tertiary/aromatic N) is 1. The van der Waals surface area contributed by atoms with Gasteiger partial charge in [-0.15, -0.1) is 0 Å². The molecule has 0 saturated carbocycles. The highest BCUT2D eigenvalue weighted by atomic mass is 19.1. The van der Waals surface area contributed by atoms with Gasteiger partial charge in [-0.3, -0.25) is 4.79 Å². The number of rotatable bonds is 3. The molecule has 2 aromatic rings. The minimum Gasteiger partial charge on any atom is -0.409 e. The van der Waals surface area contributed by atoms with Crippen LogP contribution in [0.25, 0.3) is 0 Å². The molecule has 0 aliphatic rings. The van der Waals surface area contributed by atoms with E-state index in [4.69, 9.17) is 10.9 Å². The van der Waals surface area contributed by atoms with Crippen LogP contribution >= 0.6 is 0 Å². The van der Waals surface area contributed by atoms with E-state index in [-0.39, 0.29) is 11.7 Å². The number of nitrogens with two attached hydrogens (primary N) is 1. The molecule has 0 unspecified atom stereocenters. The largest absolute Gasteiger partial charge is 0.409 e. The van der Waals surface area contributed by atoms with Crippen LogP contribution in [0.5, 0.6) is 0 Å². The van der Waals surface area contributed by atoms with Crippen molar-refractivity contribution in [2.75, 3.05) is 5.32 Å². The number of amides is 1. The Bertz CT molecular complexity index is 714. The Morgan fingerprint density at radius 2 is 2.05 bits per heavy atom. The second-order valence-electron chi connectivity index (χ2n) is 4.48. The predicted octanol–water partition coefficient (Wildman–Crippen LogP) is 2.48. The van der Waals surface area contributed by atoms with Crippen LogP contribution in [0.1, 0.15) is 21.5 Å². The van der Waals surface area contributed by atoms with Crippen LogP contribution in [-0.4, -0.2) is 17.0 Å². The Morgan fingerprint density at radius 3 is 2.71 bits per heavy atom. The van der Waals surface area contributed by atoms with Crippen molar-refractivity contribution in [2.45, 2.75) is 6.92 Å². The predicted molar refractivity (Wildman–Crippen MR) is 78.0 cm³/mol. The first kappa shape index (κ1) is 14.5. The van der Waals surface area contributed by atoms with Crippen LogP contribution in [0.15, 0.2) is 47.6 Å². The van der Waals surface area contributed by atoms with Gasteiger partial charge in [0.15, 0.2) is 5.84 Å². The molecular formula is C15H14FN3O2. The fourth-order valence-electron chi connectivity index (χ4n) is 1.89. The van der Waals surface area contributed by atoms with Gasteiger partial charge >= 0.3 is 0 Å². The molecule has 4 N–H and O–H groups in total. The van der Waals surface area contributed by atoms with Crippen LogP contribution < -0.4 is 11.1 Å². The zero-order valence-electron chi connectivity index (χ0n) is 11.3. The van der Waals surface area contributed by atoms with Gasteiger partial charge in [-0.2, -0.15) is 0 Å². The molecule has 2 aromatic carbocycles. The number of anilines is 1. The van der Waals surface area contributed by atoms with Crippen molar-refractivity contribution in [2.24, 2.45) is 10.9 Å². The number of nitrogens with one attached hydrogen (secondary N) is 1. The first-order valence-electron chi connectivity index (χ1n) is 6.16. The maximum absolute atomic E-state index is 13.0. The summed E-state index contributed by atoms with van der Waals surface area (Å²) in [6.07, 6.45) is 0. The van der Waals surface area contributed by atoms with E-state index in [1.165, 1.54) is 18.2 Å². The summed E-state index contributed by atoms with van der Waals surface area (Å²) in [5, 5.41) is 14.2. The van der Waals surface area contributed by atoms with Crippen LogP contribution in [0, 0.1) is 12.7 Å². The molecule has 0 atom stereocenters. The summed E-state index contributed by atoms with van der Waals surface area (Å²) in [4.78, 5) is 12.2. The van der Waals surface area contributed by atoms with Crippen molar-refractivity contribution < 1.29 is 14.4 Å². The van der Waals surface area contributed by atoms with E-state index in [0.29, 0.717) is 22.4 Å². The zero-order valence-corrected chi connectivity index (χ0v) is 11.3. The van der Waals surface area contributed by atoms with Gasteiger partial charge in [-0.25, -0.2) is 4.39 Å². The van der Waals surface area contributed by atoms with E-state index in [1.54, 1.807) is 31.2 Å². The van der Waals surface area contributed by atoms with Gasteiger partial charge in [0.05, 0.1) is 0 Å². The maximum Gasteiger partial charge on any atom is 0.255 e. The maximum atomic E-state index is 13.0. The Balaban J connectivity index is 2.23. The van der Waals surface area contributed by atoms with E-state index in [0.717, 1.165) is 0 Å². The molecule has 0 aliphatic heterocycles. The lowest BCUT2D eigenvalue weighted by Crippen LogP contribution is -2.16. The highest BCUT2D eigenvalue weighted by Gasteiger charge is 2.10. The van der Waals surface area contributed by atoms with Gasteiger partial charge in [0.25, 0.3) is 5.91 Å². The smallest absolute Gasteiger partial charge is 0.255 e. The van der Waals surface area contributed by atoms with E-state index in [9.17, 15) is 9.18 Å². The summed E-state index contributed by atoms with van der Waals surface area (Å²) in [5.74, 6) is -0.800.